The van der Waals surface area contributed by atoms with Crippen molar-refractivity contribution < 1.29 is 14.6 Å². The van der Waals surface area contributed by atoms with Gasteiger partial charge in [0.15, 0.2) is 0 Å². The van der Waals surface area contributed by atoms with Crippen LogP contribution in [0.3, 0.4) is 0 Å². The van der Waals surface area contributed by atoms with Crippen molar-refractivity contribution in [2.24, 2.45) is 10.8 Å². The van der Waals surface area contributed by atoms with E-state index in [9.17, 15) is 4.79 Å². The van der Waals surface area contributed by atoms with Crippen LogP contribution in [0.1, 0.15) is 65.9 Å². The molecule has 1 N–H and O–H groups in total. The molecule has 25 heavy (non-hydrogen) atoms. The van der Waals surface area contributed by atoms with Gasteiger partial charge in [0.1, 0.15) is 0 Å². The second-order valence-corrected chi connectivity index (χ2v) is 10.5. The lowest BCUT2D eigenvalue weighted by Crippen LogP contribution is -2.43. The Bertz CT molecular complexity index is 544. The summed E-state index contributed by atoms with van der Waals surface area (Å²) < 4.78 is 5.30. The van der Waals surface area contributed by atoms with Crippen molar-refractivity contribution in [3.05, 3.63) is 35.9 Å². The molecule has 4 heteroatoms. The first kappa shape index (κ1) is 22.2. The minimum Gasteiger partial charge on any atom is -0.465 e. The van der Waals surface area contributed by atoms with Crippen LogP contribution in [0.15, 0.2) is 30.3 Å². The monoisotopic (exact) mass is 412 g/mol. The lowest BCUT2D eigenvalue weighted by molar-refractivity contribution is -0.162. The maximum Gasteiger partial charge on any atom is 0.312 e. The van der Waals surface area contributed by atoms with Gasteiger partial charge >= 0.3 is 5.97 Å². The van der Waals surface area contributed by atoms with Gasteiger partial charge in [0, 0.05) is 17.4 Å². The van der Waals surface area contributed by atoms with E-state index in [1.165, 1.54) is 5.56 Å². The van der Waals surface area contributed by atoms with Crippen LogP contribution in [0, 0.1) is 10.8 Å². The number of aliphatic hydroxyl groups is 1. The summed E-state index contributed by atoms with van der Waals surface area (Å²) in [6.45, 7) is 12.8. The van der Waals surface area contributed by atoms with Gasteiger partial charge in [-0.3, -0.25) is 4.79 Å². The Hall–Kier alpha value is -0.870. The van der Waals surface area contributed by atoms with Crippen LogP contribution in [0.25, 0.3) is 0 Å². The molecular formula is C21H33BrO3. The maximum absolute atomic E-state index is 12.6. The molecule has 3 nitrogen and oxygen atoms in total. The number of esters is 1. The number of hydrogen-bond donors (Lipinski definition) is 1. The predicted octanol–water partition coefficient (Wildman–Crippen LogP) is 5.31. The molecule has 0 aliphatic heterocycles. The topological polar surface area (TPSA) is 46.5 Å². The third-order valence-corrected chi connectivity index (χ3v) is 6.04. The average Bonchev–Trinajstić information content (AvgIpc) is 2.52. The van der Waals surface area contributed by atoms with Crippen molar-refractivity contribution in [2.75, 3.05) is 13.2 Å². The predicted molar refractivity (Wildman–Crippen MR) is 107 cm³/mol. The second-order valence-electron chi connectivity index (χ2n) is 8.45. The third-order valence-electron chi connectivity index (χ3n) is 5.48. The van der Waals surface area contributed by atoms with Crippen molar-refractivity contribution in [1.82, 2.24) is 0 Å². The van der Waals surface area contributed by atoms with Gasteiger partial charge in [-0.15, -0.1) is 0 Å². The number of hydrogen-bond acceptors (Lipinski definition) is 3. The van der Waals surface area contributed by atoms with Crippen LogP contribution in [0.5, 0.6) is 0 Å². The summed E-state index contributed by atoms with van der Waals surface area (Å²) in [5, 5.41) is 8.88. The molecule has 0 saturated carbocycles. The van der Waals surface area contributed by atoms with Crippen LogP contribution < -0.4 is 0 Å². The van der Waals surface area contributed by atoms with E-state index < -0.39 is 5.41 Å². The van der Waals surface area contributed by atoms with Gasteiger partial charge in [0.25, 0.3) is 0 Å². The molecule has 0 bridgehead atoms. The molecule has 1 rings (SSSR count). The molecule has 0 fully saturated rings. The molecule has 0 heterocycles. The smallest absolute Gasteiger partial charge is 0.312 e. The molecule has 1 aromatic carbocycles. The Kier molecular flexibility index (Phi) is 7.70. The van der Waals surface area contributed by atoms with Gasteiger partial charge < -0.3 is 9.84 Å². The lowest BCUT2D eigenvalue weighted by Gasteiger charge is -2.44. The number of carbonyl (C=O) groups excluding carboxylic acids is 1. The highest BCUT2D eigenvalue weighted by atomic mass is 79.9. The first-order valence-corrected chi connectivity index (χ1v) is 9.74. The molecule has 1 atom stereocenters. The van der Waals surface area contributed by atoms with Gasteiger partial charge in [-0.1, -0.05) is 60.1 Å². The zero-order valence-electron chi connectivity index (χ0n) is 16.4. The fourth-order valence-electron chi connectivity index (χ4n) is 2.89. The highest BCUT2D eigenvalue weighted by Crippen LogP contribution is 2.50. The molecule has 142 valence electrons. The van der Waals surface area contributed by atoms with Crippen LogP contribution in [-0.2, 0) is 9.53 Å². The summed E-state index contributed by atoms with van der Waals surface area (Å²) in [4.78, 5) is 12.6. The summed E-state index contributed by atoms with van der Waals surface area (Å²) in [7, 11) is 0. The van der Waals surface area contributed by atoms with Crippen molar-refractivity contribution in [3.63, 3.8) is 0 Å². The van der Waals surface area contributed by atoms with E-state index >= 15 is 0 Å². The van der Waals surface area contributed by atoms with Crippen LogP contribution >= 0.6 is 15.9 Å². The van der Waals surface area contributed by atoms with E-state index in [4.69, 9.17) is 9.84 Å². The molecular weight excluding hydrogens is 380 g/mol. The van der Waals surface area contributed by atoms with Crippen LogP contribution in [0.4, 0.5) is 0 Å². The highest BCUT2D eigenvalue weighted by Gasteiger charge is 2.47. The Labute approximate surface area is 161 Å². The quantitative estimate of drug-likeness (QED) is 0.339. The molecule has 0 aliphatic carbocycles. The number of carbonyl (C=O) groups is 1. The third kappa shape index (κ3) is 5.82. The van der Waals surface area contributed by atoms with Gasteiger partial charge in [0.05, 0.1) is 12.0 Å². The Balaban J connectivity index is 3.03. The van der Waals surface area contributed by atoms with Gasteiger partial charge in [-0.05, 0) is 51.0 Å². The Morgan fingerprint density at radius 1 is 1.12 bits per heavy atom. The van der Waals surface area contributed by atoms with E-state index in [0.29, 0.717) is 6.42 Å². The summed E-state index contributed by atoms with van der Waals surface area (Å²) in [6.07, 6.45) is 1.32. The van der Waals surface area contributed by atoms with Crippen molar-refractivity contribution in [1.29, 1.82) is 0 Å². The van der Waals surface area contributed by atoms with Gasteiger partial charge in [0.2, 0.25) is 0 Å². The minimum absolute atomic E-state index is 0.0327. The summed E-state index contributed by atoms with van der Waals surface area (Å²) in [5.74, 6) is 0.0540. The second kappa shape index (κ2) is 8.68. The molecule has 0 radical (unpaired) electrons. The van der Waals surface area contributed by atoms with Crippen LogP contribution in [0.2, 0.25) is 0 Å². The average molecular weight is 413 g/mol. The number of rotatable bonds is 9. The number of ether oxygens (including phenoxy) is 1. The zero-order valence-corrected chi connectivity index (χ0v) is 18.0. The van der Waals surface area contributed by atoms with E-state index in [-0.39, 0.29) is 34.8 Å². The number of halogens is 1. The summed E-state index contributed by atoms with van der Waals surface area (Å²) in [5.41, 5.74) is 0.365. The van der Waals surface area contributed by atoms with E-state index in [1.807, 2.05) is 19.9 Å². The van der Waals surface area contributed by atoms with E-state index in [0.717, 1.165) is 6.42 Å². The molecule has 0 spiro atoms. The molecule has 1 unspecified atom stereocenters. The number of aliphatic hydroxyl groups excluding tert-OH is 1. The fraction of sp³-hybridized carbons (Fsp3) is 0.667. The van der Waals surface area contributed by atoms with Crippen LogP contribution in [-0.4, -0.2) is 28.6 Å². The van der Waals surface area contributed by atoms with Gasteiger partial charge in [-0.2, -0.15) is 0 Å². The normalized spacial score (nSPS) is 14.2. The molecule has 0 amide bonds. The standard InChI is InChI=1S/C21H33BrO3/c1-19(2,20(3,4)18(24)25-14-10-13-23)15-17(21(5,6)22)16-11-8-7-9-12-16/h7-9,11-12,17,23H,10,13-15H2,1-6H3. The SMILES string of the molecule is CC(C)(Br)C(CC(C)(C)C(C)(C)C(=O)OCCCO)c1ccccc1. The summed E-state index contributed by atoms with van der Waals surface area (Å²) in [6, 6.07) is 10.4. The first-order chi connectivity index (χ1) is 11.4. The largest absolute Gasteiger partial charge is 0.465 e. The van der Waals surface area contributed by atoms with Gasteiger partial charge in [-0.25, -0.2) is 0 Å². The summed E-state index contributed by atoms with van der Waals surface area (Å²) >= 11 is 3.85. The van der Waals surface area contributed by atoms with E-state index in [1.54, 1.807) is 0 Å². The lowest BCUT2D eigenvalue weighted by atomic mass is 9.62. The molecule has 1 aromatic rings. The molecule has 0 aromatic heterocycles. The number of benzene rings is 1. The Morgan fingerprint density at radius 3 is 2.16 bits per heavy atom. The number of alkyl halides is 1. The van der Waals surface area contributed by atoms with E-state index in [2.05, 4.69) is 67.9 Å². The zero-order chi connectivity index (χ0) is 19.3. The van der Waals surface area contributed by atoms with Crippen molar-refractivity contribution >= 4 is 21.9 Å². The highest BCUT2D eigenvalue weighted by molar-refractivity contribution is 9.10. The van der Waals surface area contributed by atoms with Crippen molar-refractivity contribution in [3.8, 4) is 0 Å². The molecule has 0 aliphatic rings. The first-order valence-electron chi connectivity index (χ1n) is 8.95. The molecule has 0 saturated heterocycles. The Morgan fingerprint density at radius 2 is 1.68 bits per heavy atom. The van der Waals surface area contributed by atoms with Crippen molar-refractivity contribution in [2.45, 2.75) is 64.6 Å². The maximum atomic E-state index is 12.6. The minimum atomic E-state index is -0.631. The fourth-order valence-corrected chi connectivity index (χ4v) is 3.32.